The van der Waals surface area contributed by atoms with Crippen molar-refractivity contribution in [2.24, 2.45) is 11.7 Å². The van der Waals surface area contributed by atoms with E-state index in [0.717, 1.165) is 18.3 Å². The normalized spacial score (nSPS) is 28.2. The van der Waals surface area contributed by atoms with E-state index < -0.39 is 0 Å². The van der Waals surface area contributed by atoms with Crippen molar-refractivity contribution in [2.75, 3.05) is 25.2 Å². The minimum atomic E-state index is 0.489. The fourth-order valence-corrected chi connectivity index (χ4v) is 2.86. The summed E-state index contributed by atoms with van der Waals surface area (Å²) in [6, 6.07) is 0.489. The van der Waals surface area contributed by atoms with Gasteiger partial charge in [-0.1, -0.05) is 6.42 Å². The SMILES string of the molecule is COCCSCCC1CCCC1N. The van der Waals surface area contributed by atoms with Crippen LogP contribution in [0.5, 0.6) is 0 Å². The Morgan fingerprint density at radius 1 is 1.38 bits per heavy atom. The molecular formula is C10H21NOS. The molecule has 2 atom stereocenters. The zero-order chi connectivity index (χ0) is 9.52. The number of hydrogen-bond donors (Lipinski definition) is 1. The average Bonchev–Trinajstić information content (AvgIpc) is 2.52. The first-order valence-corrected chi connectivity index (χ1v) is 6.32. The van der Waals surface area contributed by atoms with Gasteiger partial charge >= 0.3 is 0 Å². The van der Waals surface area contributed by atoms with Gasteiger partial charge in [0.25, 0.3) is 0 Å². The Morgan fingerprint density at radius 3 is 2.85 bits per heavy atom. The van der Waals surface area contributed by atoms with Crippen LogP contribution in [0.25, 0.3) is 0 Å². The molecule has 0 saturated heterocycles. The first kappa shape index (κ1) is 11.3. The summed E-state index contributed by atoms with van der Waals surface area (Å²) >= 11 is 1.99. The predicted molar refractivity (Wildman–Crippen MR) is 59.1 cm³/mol. The minimum absolute atomic E-state index is 0.489. The highest BCUT2D eigenvalue weighted by Crippen LogP contribution is 2.27. The van der Waals surface area contributed by atoms with Gasteiger partial charge in [-0.3, -0.25) is 0 Å². The monoisotopic (exact) mass is 203 g/mol. The summed E-state index contributed by atoms with van der Waals surface area (Å²) in [7, 11) is 1.76. The molecule has 0 heterocycles. The van der Waals surface area contributed by atoms with Gasteiger partial charge in [-0.25, -0.2) is 0 Å². The molecule has 78 valence electrons. The maximum atomic E-state index is 5.99. The van der Waals surface area contributed by atoms with Crippen LogP contribution in [-0.4, -0.2) is 31.3 Å². The average molecular weight is 203 g/mol. The topological polar surface area (TPSA) is 35.2 Å². The van der Waals surface area contributed by atoms with Gasteiger partial charge < -0.3 is 10.5 Å². The molecule has 1 fully saturated rings. The van der Waals surface area contributed by atoms with E-state index in [2.05, 4.69) is 0 Å². The number of nitrogens with two attached hydrogens (primary N) is 1. The van der Waals surface area contributed by atoms with E-state index in [9.17, 15) is 0 Å². The van der Waals surface area contributed by atoms with Crippen molar-refractivity contribution in [2.45, 2.75) is 31.7 Å². The van der Waals surface area contributed by atoms with E-state index >= 15 is 0 Å². The second kappa shape index (κ2) is 6.68. The van der Waals surface area contributed by atoms with Gasteiger partial charge in [-0.15, -0.1) is 0 Å². The van der Waals surface area contributed by atoms with Crippen LogP contribution in [0.2, 0.25) is 0 Å². The van der Waals surface area contributed by atoms with E-state index in [0.29, 0.717) is 6.04 Å². The molecule has 0 aromatic rings. The predicted octanol–water partition coefficient (Wildman–Crippen LogP) is 1.88. The number of thioether (sulfide) groups is 1. The quantitative estimate of drug-likeness (QED) is 0.670. The molecule has 3 heteroatoms. The highest BCUT2D eigenvalue weighted by Gasteiger charge is 2.22. The van der Waals surface area contributed by atoms with Crippen LogP contribution in [0.4, 0.5) is 0 Å². The van der Waals surface area contributed by atoms with Crippen LogP contribution in [0.1, 0.15) is 25.7 Å². The molecule has 1 saturated carbocycles. The Morgan fingerprint density at radius 2 is 2.23 bits per heavy atom. The molecule has 1 aliphatic rings. The van der Waals surface area contributed by atoms with Crippen LogP contribution in [-0.2, 0) is 4.74 Å². The fraction of sp³-hybridized carbons (Fsp3) is 1.00. The van der Waals surface area contributed by atoms with Crippen molar-refractivity contribution in [1.29, 1.82) is 0 Å². The van der Waals surface area contributed by atoms with Gasteiger partial charge in [0.1, 0.15) is 0 Å². The van der Waals surface area contributed by atoms with E-state index in [-0.39, 0.29) is 0 Å². The smallest absolute Gasteiger partial charge is 0.0552 e. The van der Waals surface area contributed by atoms with Crippen molar-refractivity contribution in [1.82, 2.24) is 0 Å². The summed E-state index contributed by atoms with van der Waals surface area (Å²) in [5.74, 6) is 3.18. The van der Waals surface area contributed by atoms with E-state index in [1.54, 1.807) is 7.11 Å². The van der Waals surface area contributed by atoms with Crippen molar-refractivity contribution in [3.05, 3.63) is 0 Å². The molecule has 2 unspecified atom stereocenters. The minimum Gasteiger partial charge on any atom is -0.384 e. The van der Waals surface area contributed by atoms with Gasteiger partial charge in [-0.2, -0.15) is 11.8 Å². The highest BCUT2D eigenvalue weighted by atomic mass is 32.2. The fourth-order valence-electron chi connectivity index (χ4n) is 1.90. The Bertz CT molecular complexity index is 132. The zero-order valence-electron chi connectivity index (χ0n) is 8.50. The maximum absolute atomic E-state index is 5.99. The largest absolute Gasteiger partial charge is 0.384 e. The van der Waals surface area contributed by atoms with E-state index in [1.165, 1.54) is 31.4 Å². The Labute approximate surface area is 85.6 Å². The zero-order valence-corrected chi connectivity index (χ0v) is 9.31. The van der Waals surface area contributed by atoms with Gasteiger partial charge in [0.15, 0.2) is 0 Å². The molecule has 0 bridgehead atoms. The van der Waals surface area contributed by atoms with Crippen molar-refractivity contribution >= 4 is 11.8 Å². The number of rotatable bonds is 6. The number of methoxy groups -OCH3 is 1. The molecule has 0 aliphatic heterocycles. The lowest BCUT2D eigenvalue weighted by atomic mass is 10.0. The number of hydrogen-bond acceptors (Lipinski definition) is 3. The molecule has 0 amide bonds. The summed E-state index contributed by atoms with van der Waals surface area (Å²) in [5, 5.41) is 0. The Kier molecular flexibility index (Phi) is 5.83. The second-order valence-corrected chi connectivity index (χ2v) is 4.97. The van der Waals surface area contributed by atoms with Crippen LogP contribution < -0.4 is 5.73 Å². The lowest BCUT2D eigenvalue weighted by Crippen LogP contribution is -2.24. The molecule has 2 N–H and O–H groups in total. The van der Waals surface area contributed by atoms with E-state index in [4.69, 9.17) is 10.5 Å². The highest BCUT2D eigenvalue weighted by molar-refractivity contribution is 7.99. The third kappa shape index (κ3) is 4.34. The Hall–Kier alpha value is 0.270. The molecule has 13 heavy (non-hydrogen) atoms. The van der Waals surface area contributed by atoms with Gasteiger partial charge in [0.2, 0.25) is 0 Å². The van der Waals surface area contributed by atoms with Crippen LogP contribution in [0.15, 0.2) is 0 Å². The van der Waals surface area contributed by atoms with E-state index in [1.807, 2.05) is 11.8 Å². The summed E-state index contributed by atoms with van der Waals surface area (Å²) in [6.45, 7) is 0.876. The van der Waals surface area contributed by atoms with Crippen molar-refractivity contribution in [3.8, 4) is 0 Å². The van der Waals surface area contributed by atoms with Gasteiger partial charge in [0.05, 0.1) is 6.61 Å². The first-order valence-electron chi connectivity index (χ1n) is 5.17. The summed E-state index contributed by atoms with van der Waals surface area (Å²) in [5.41, 5.74) is 5.99. The molecule has 2 nitrogen and oxygen atoms in total. The first-order chi connectivity index (χ1) is 6.34. The van der Waals surface area contributed by atoms with Gasteiger partial charge in [-0.05, 0) is 30.9 Å². The third-order valence-corrected chi connectivity index (χ3v) is 3.76. The standard InChI is InChI=1S/C10H21NOS/c1-12-6-8-13-7-5-9-3-2-4-10(9)11/h9-10H,2-8,11H2,1H3. The lowest BCUT2D eigenvalue weighted by Gasteiger charge is -2.14. The number of ether oxygens (including phenoxy) is 1. The van der Waals surface area contributed by atoms with Crippen LogP contribution >= 0.6 is 11.8 Å². The summed E-state index contributed by atoms with van der Waals surface area (Å²) in [4.78, 5) is 0. The maximum Gasteiger partial charge on any atom is 0.0552 e. The summed E-state index contributed by atoms with van der Waals surface area (Å²) in [6.07, 6.45) is 5.24. The second-order valence-electron chi connectivity index (χ2n) is 3.75. The molecule has 1 rings (SSSR count). The van der Waals surface area contributed by atoms with Crippen LogP contribution in [0.3, 0.4) is 0 Å². The van der Waals surface area contributed by atoms with Crippen LogP contribution in [0, 0.1) is 5.92 Å². The Balaban J connectivity index is 1.93. The van der Waals surface area contributed by atoms with Gasteiger partial charge in [0, 0.05) is 18.9 Å². The molecule has 0 aromatic heterocycles. The molecule has 0 spiro atoms. The molecular weight excluding hydrogens is 182 g/mol. The summed E-state index contributed by atoms with van der Waals surface area (Å²) < 4.78 is 4.99. The lowest BCUT2D eigenvalue weighted by molar-refractivity contribution is 0.218. The molecule has 0 aromatic carbocycles. The van der Waals surface area contributed by atoms with Crippen molar-refractivity contribution in [3.63, 3.8) is 0 Å². The third-order valence-electron chi connectivity index (χ3n) is 2.78. The molecule has 0 radical (unpaired) electrons. The molecule has 1 aliphatic carbocycles. The van der Waals surface area contributed by atoms with Crippen molar-refractivity contribution < 1.29 is 4.74 Å².